The second-order valence-electron chi connectivity index (χ2n) is 10.1. The van der Waals surface area contributed by atoms with Gasteiger partial charge in [0.1, 0.15) is 0 Å². The van der Waals surface area contributed by atoms with Crippen molar-refractivity contribution in [3.8, 4) is 0 Å². The van der Waals surface area contributed by atoms with Gasteiger partial charge < -0.3 is 5.73 Å². The van der Waals surface area contributed by atoms with E-state index < -0.39 is 0 Å². The summed E-state index contributed by atoms with van der Waals surface area (Å²) in [4.78, 5) is 0. The van der Waals surface area contributed by atoms with Crippen LogP contribution < -0.4 is 11.2 Å². The average molecular weight is 404 g/mol. The first kappa shape index (κ1) is 23.1. The van der Waals surface area contributed by atoms with E-state index in [4.69, 9.17) is 18.0 Å². The Kier molecular flexibility index (Phi) is 7.89. The first-order chi connectivity index (χ1) is 13.1. The van der Waals surface area contributed by atoms with Gasteiger partial charge in [-0.3, -0.25) is 5.43 Å². The van der Waals surface area contributed by atoms with E-state index in [1.54, 1.807) is 0 Å². The van der Waals surface area contributed by atoms with Crippen molar-refractivity contribution < 1.29 is 0 Å². The molecule has 2 saturated carbocycles. The van der Waals surface area contributed by atoms with Gasteiger partial charge in [0.2, 0.25) is 0 Å². The van der Waals surface area contributed by atoms with Crippen molar-refractivity contribution in [2.24, 2.45) is 33.5 Å². The Morgan fingerprint density at radius 2 is 2.00 bits per heavy atom. The van der Waals surface area contributed by atoms with Crippen LogP contribution in [0.4, 0.5) is 0 Å². The van der Waals surface area contributed by atoms with E-state index in [1.807, 2.05) is 6.92 Å². The van der Waals surface area contributed by atoms with Gasteiger partial charge in [-0.1, -0.05) is 51.0 Å². The van der Waals surface area contributed by atoms with E-state index in [-0.39, 0.29) is 5.11 Å². The number of hydrogen-bond donors (Lipinski definition) is 2. The van der Waals surface area contributed by atoms with Gasteiger partial charge in [-0.25, -0.2) is 0 Å². The van der Waals surface area contributed by atoms with Crippen molar-refractivity contribution in [2.75, 3.05) is 0 Å². The highest BCUT2D eigenvalue weighted by Gasteiger charge is 2.52. The van der Waals surface area contributed by atoms with Crippen molar-refractivity contribution in [1.29, 1.82) is 0 Å². The molecule has 0 saturated heterocycles. The summed E-state index contributed by atoms with van der Waals surface area (Å²) in [6.45, 7) is 16.4. The Hall–Kier alpha value is -1.16. The second-order valence-corrected chi connectivity index (χ2v) is 10.5. The van der Waals surface area contributed by atoms with E-state index in [9.17, 15) is 0 Å². The molecule has 4 heteroatoms. The Bertz CT molecular complexity index is 646. The Morgan fingerprint density at radius 1 is 1.29 bits per heavy atom. The van der Waals surface area contributed by atoms with E-state index in [2.05, 4.69) is 50.9 Å². The first-order valence-corrected chi connectivity index (χ1v) is 11.4. The second kappa shape index (κ2) is 9.56. The number of nitrogens with one attached hydrogen (secondary N) is 1. The molecule has 0 radical (unpaired) electrons. The van der Waals surface area contributed by atoms with Gasteiger partial charge in [-0.2, -0.15) is 5.10 Å². The molecule has 2 aliphatic rings. The number of hydrazone groups is 1. The molecule has 0 spiro atoms. The van der Waals surface area contributed by atoms with Crippen LogP contribution in [0.5, 0.6) is 0 Å². The summed E-state index contributed by atoms with van der Waals surface area (Å²) in [5, 5.41) is 4.40. The van der Waals surface area contributed by atoms with E-state index in [0.29, 0.717) is 16.7 Å². The SMILES string of the molecule is C=C1CC[C@H]2C(C)(C)CCC[C@@]2(C)[C@@H]1CC/C(C)=C\CC/C(C)=N\NC(N)=S. The standard InChI is InChI=1S/C24H41N3S/c1-17(9-7-10-19(3)26-27-22(25)28)11-13-20-18(2)12-14-21-23(4,5)15-8-16-24(20,21)6/h9,20-21H,2,7-8,10-16H2,1,3-6H3,(H3,25,27,28)/b17-9-,26-19-/t20-,21+,24+/m1/s1. The summed E-state index contributed by atoms with van der Waals surface area (Å²) < 4.78 is 0. The summed E-state index contributed by atoms with van der Waals surface area (Å²) in [5.41, 5.74) is 13.0. The van der Waals surface area contributed by atoms with Gasteiger partial charge in [0, 0.05) is 5.71 Å². The molecule has 0 amide bonds. The molecule has 0 bridgehead atoms. The van der Waals surface area contributed by atoms with Crippen molar-refractivity contribution in [3.05, 3.63) is 23.8 Å². The Morgan fingerprint density at radius 3 is 2.68 bits per heavy atom. The lowest BCUT2D eigenvalue weighted by atomic mass is 9.47. The van der Waals surface area contributed by atoms with Crippen LogP contribution in [-0.4, -0.2) is 10.8 Å². The summed E-state index contributed by atoms with van der Waals surface area (Å²) >= 11 is 4.78. The first-order valence-electron chi connectivity index (χ1n) is 11.0. The lowest BCUT2D eigenvalue weighted by molar-refractivity contribution is -0.0539. The minimum absolute atomic E-state index is 0.219. The minimum atomic E-state index is 0.219. The maximum Gasteiger partial charge on any atom is 0.184 e. The summed E-state index contributed by atoms with van der Waals surface area (Å²) in [6, 6.07) is 0. The Labute approximate surface area is 178 Å². The zero-order valence-electron chi connectivity index (χ0n) is 18.7. The number of thiocarbonyl (C=S) groups is 1. The van der Waals surface area contributed by atoms with Crippen LogP contribution in [0.25, 0.3) is 0 Å². The van der Waals surface area contributed by atoms with Gasteiger partial charge >= 0.3 is 0 Å². The molecule has 3 N–H and O–H groups in total. The summed E-state index contributed by atoms with van der Waals surface area (Å²) in [5.74, 6) is 1.51. The smallest absolute Gasteiger partial charge is 0.184 e. The molecular formula is C24H41N3S. The number of nitrogens with zero attached hydrogens (tertiary/aromatic N) is 1. The minimum Gasteiger partial charge on any atom is -0.375 e. The lowest BCUT2D eigenvalue weighted by Gasteiger charge is -2.58. The van der Waals surface area contributed by atoms with Crippen molar-refractivity contribution >= 4 is 23.0 Å². The van der Waals surface area contributed by atoms with Crippen LogP contribution in [0.2, 0.25) is 0 Å². The van der Waals surface area contributed by atoms with Crippen LogP contribution >= 0.6 is 12.2 Å². The molecule has 0 aromatic carbocycles. The van der Waals surface area contributed by atoms with Gasteiger partial charge in [-0.15, -0.1) is 0 Å². The molecule has 3 atom stereocenters. The molecular weight excluding hydrogens is 362 g/mol. The average Bonchev–Trinajstić information content (AvgIpc) is 2.58. The summed E-state index contributed by atoms with van der Waals surface area (Å²) in [7, 11) is 0. The summed E-state index contributed by atoms with van der Waals surface area (Å²) in [6.07, 6.45) is 13.4. The molecule has 0 aromatic heterocycles. The highest BCUT2D eigenvalue weighted by molar-refractivity contribution is 7.80. The van der Waals surface area contributed by atoms with Gasteiger partial charge in [0.05, 0.1) is 0 Å². The number of rotatable bonds is 7. The third-order valence-electron chi connectivity index (χ3n) is 7.50. The predicted molar refractivity (Wildman–Crippen MR) is 126 cm³/mol. The lowest BCUT2D eigenvalue weighted by Crippen LogP contribution is -2.49. The van der Waals surface area contributed by atoms with E-state index >= 15 is 0 Å². The molecule has 0 heterocycles. The molecule has 0 aromatic rings. The highest BCUT2D eigenvalue weighted by Crippen LogP contribution is 2.61. The van der Waals surface area contributed by atoms with Crippen molar-refractivity contribution in [2.45, 2.75) is 92.4 Å². The highest BCUT2D eigenvalue weighted by atomic mass is 32.1. The van der Waals surface area contributed by atoms with Crippen LogP contribution in [0.3, 0.4) is 0 Å². The van der Waals surface area contributed by atoms with Crippen LogP contribution in [0.1, 0.15) is 92.4 Å². The third kappa shape index (κ3) is 5.68. The fraction of sp³-hybridized carbons (Fsp3) is 0.750. The van der Waals surface area contributed by atoms with Crippen molar-refractivity contribution in [3.63, 3.8) is 0 Å². The molecule has 28 heavy (non-hydrogen) atoms. The monoisotopic (exact) mass is 403 g/mol. The molecule has 0 aliphatic heterocycles. The molecule has 158 valence electrons. The molecule has 2 aliphatic carbocycles. The maximum atomic E-state index is 5.41. The number of fused-ring (bicyclic) bond motifs is 1. The molecule has 2 rings (SSSR count). The molecule has 2 fully saturated rings. The number of hydrogen-bond acceptors (Lipinski definition) is 2. The maximum absolute atomic E-state index is 5.41. The van der Waals surface area contributed by atoms with Crippen molar-refractivity contribution in [1.82, 2.24) is 5.43 Å². The largest absolute Gasteiger partial charge is 0.375 e. The van der Waals surface area contributed by atoms with Crippen LogP contribution in [-0.2, 0) is 0 Å². The van der Waals surface area contributed by atoms with Crippen LogP contribution in [0, 0.1) is 22.7 Å². The quantitative estimate of drug-likeness (QED) is 0.221. The van der Waals surface area contributed by atoms with Gasteiger partial charge in [-0.05, 0) is 100 Å². The molecule has 0 unspecified atom stereocenters. The van der Waals surface area contributed by atoms with Gasteiger partial charge in [0.25, 0.3) is 0 Å². The number of nitrogens with two attached hydrogens (primary N) is 1. The predicted octanol–water partition coefficient (Wildman–Crippen LogP) is 6.50. The van der Waals surface area contributed by atoms with Crippen LogP contribution in [0.15, 0.2) is 28.9 Å². The van der Waals surface area contributed by atoms with E-state index in [0.717, 1.165) is 24.5 Å². The fourth-order valence-electron chi connectivity index (χ4n) is 6.02. The van der Waals surface area contributed by atoms with E-state index in [1.165, 1.54) is 56.1 Å². The topological polar surface area (TPSA) is 50.4 Å². The number of allylic oxidation sites excluding steroid dienone is 3. The zero-order chi connectivity index (χ0) is 20.9. The fourth-order valence-corrected chi connectivity index (χ4v) is 6.06. The Balaban J connectivity index is 1.93. The van der Waals surface area contributed by atoms with Gasteiger partial charge in [0.15, 0.2) is 5.11 Å². The zero-order valence-corrected chi connectivity index (χ0v) is 19.6. The third-order valence-corrected chi connectivity index (χ3v) is 7.59. The normalized spacial score (nSPS) is 30.7. The molecule has 3 nitrogen and oxygen atoms in total.